The molecule has 10 heteroatoms. The zero-order valence-corrected chi connectivity index (χ0v) is 17.1. The van der Waals surface area contributed by atoms with Crippen molar-refractivity contribution in [2.45, 2.75) is 10.7 Å². The van der Waals surface area contributed by atoms with Crippen LogP contribution in [-0.4, -0.2) is 19.7 Å². The second kappa shape index (κ2) is 6.28. The van der Waals surface area contributed by atoms with Crippen molar-refractivity contribution < 1.29 is 0 Å². The standard InChI is InChI=1S/C16H10Cl3N5S2/c1-7-9-11(24(23-7)8-5-3-2-4-6-8)10-12(20)21-15(16(17,18)19)22-13(10)26-14(9)25/h2-6H,1H3,(H2,20,21,22). The summed E-state index contributed by atoms with van der Waals surface area (Å²) < 4.78 is 0.659. The van der Waals surface area contributed by atoms with Gasteiger partial charge in [0.15, 0.2) is 5.82 Å². The molecule has 0 spiro atoms. The van der Waals surface area contributed by atoms with Crippen LogP contribution < -0.4 is 5.73 Å². The molecule has 4 aromatic rings. The third-order valence-corrected chi connectivity index (χ3v) is 5.69. The largest absolute Gasteiger partial charge is 0.383 e. The zero-order valence-electron chi connectivity index (χ0n) is 13.2. The quantitative estimate of drug-likeness (QED) is 0.312. The summed E-state index contributed by atoms with van der Waals surface area (Å²) in [7, 11) is 0. The molecular formula is C16H10Cl3N5S2. The molecule has 2 N–H and O–H groups in total. The number of anilines is 1. The Morgan fingerprint density at radius 2 is 1.81 bits per heavy atom. The molecule has 1 aromatic carbocycles. The van der Waals surface area contributed by atoms with Gasteiger partial charge >= 0.3 is 0 Å². The molecule has 0 saturated heterocycles. The van der Waals surface area contributed by atoms with E-state index in [4.69, 9.17) is 52.8 Å². The lowest BCUT2D eigenvalue weighted by Crippen LogP contribution is -2.10. The number of alkyl halides is 3. The zero-order chi connectivity index (χ0) is 18.6. The highest BCUT2D eigenvalue weighted by atomic mass is 35.6. The number of nitrogen functional groups attached to an aromatic ring is 1. The highest BCUT2D eigenvalue weighted by Crippen LogP contribution is 2.40. The minimum atomic E-state index is -1.78. The topological polar surface area (TPSA) is 69.6 Å². The number of hydrogen-bond acceptors (Lipinski definition) is 6. The van der Waals surface area contributed by atoms with Gasteiger partial charge in [-0.1, -0.05) is 65.2 Å². The number of para-hydroxylation sites is 1. The van der Waals surface area contributed by atoms with Gasteiger partial charge in [-0.25, -0.2) is 14.6 Å². The van der Waals surface area contributed by atoms with Crippen molar-refractivity contribution in [1.82, 2.24) is 19.7 Å². The van der Waals surface area contributed by atoms with Gasteiger partial charge in [0.1, 0.15) is 14.5 Å². The highest BCUT2D eigenvalue weighted by molar-refractivity contribution is 7.74. The van der Waals surface area contributed by atoms with Crippen molar-refractivity contribution in [1.29, 1.82) is 0 Å². The Hall–Kier alpha value is -1.51. The van der Waals surface area contributed by atoms with Crippen LogP contribution in [-0.2, 0) is 3.79 Å². The summed E-state index contributed by atoms with van der Waals surface area (Å²) in [4.78, 5) is 9.13. The number of aromatic nitrogens is 4. The Labute approximate surface area is 172 Å². The first-order valence-corrected chi connectivity index (χ1v) is 9.75. The molecule has 0 atom stereocenters. The van der Waals surface area contributed by atoms with E-state index in [2.05, 4.69) is 15.1 Å². The second-order valence-electron chi connectivity index (χ2n) is 5.56. The van der Waals surface area contributed by atoms with Crippen molar-refractivity contribution >= 4 is 85.3 Å². The molecule has 3 heterocycles. The number of rotatable bonds is 1. The van der Waals surface area contributed by atoms with Crippen molar-refractivity contribution in [3.05, 3.63) is 45.7 Å². The fourth-order valence-corrected chi connectivity index (χ4v) is 4.47. The monoisotopic (exact) mass is 441 g/mol. The number of nitrogens with two attached hydrogens (primary N) is 1. The van der Waals surface area contributed by atoms with E-state index >= 15 is 0 Å². The predicted octanol–water partition coefficient (Wildman–Crippen LogP) is 5.48. The van der Waals surface area contributed by atoms with Crippen LogP contribution in [0.4, 0.5) is 5.82 Å². The van der Waals surface area contributed by atoms with Crippen LogP contribution in [0.15, 0.2) is 30.3 Å². The molecule has 0 saturated carbocycles. The van der Waals surface area contributed by atoms with Crippen LogP contribution in [0.5, 0.6) is 0 Å². The first kappa shape index (κ1) is 17.9. The van der Waals surface area contributed by atoms with Gasteiger partial charge in [0.05, 0.1) is 27.7 Å². The first-order valence-electron chi connectivity index (χ1n) is 7.39. The average Bonchev–Trinajstić information content (AvgIpc) is 2.92. The van der Waals surface area contributed by atoms with Gasteiger partial charge in [-0.15, -0.1) is 11.3 Å². The van der Waals surface area contributed by atoms with Gasteiger partial charge in [0, 0.05) is 0 Å². The molecule has 26 heavy (non-hydrogen) atoms. The number of nitrogens with zero attached hydrogens (tertiary/aromatic N) is 4. The molecule has 5 nitrogen and oxygen atoms in total. The Bertz CT molecular complexity index is 1210. The Morgan fingerprint density at radius 1 is 1.12 bits per heavy atom. The van der Waals surface area contributed by atoms with Crippen molar-refractivity contribution in [3.8, 4) is 5.69 Å². The highest BCUT2D eigenvalue weighted by Gasteiger charge is 2.29. The normalized spacial score (nSPS) is 12.2. The van der Waals surface area contributed by atoms with Crippen LogP contribution in [0.25, 0.3) is 26.8 Å². The lowest BCUT2D eigenvalue weighted by Gasteiger charge is -2.12. The van der Waals surface area contributed by atoms with Crippen LogP contribution >= 0.6 is 58.4 Å². The summed E-state index contributed by atoms with van der Waals surface area (Å²) in [5, 5.41) is 6.14. The average molecular weight is 443 g/mol. The number of benzene rings is 1. The molecule has 132 valence electrons. The van der Waals surface area contributed by atoms with E-state index in [1.165, 1.54) is 11.3 Å². The van der Waals surface area contributed by atoms with Gasteiger partial charge in [-0.3, -0.25) is 0 Å². The molecule has 3 aromatic heterocycles. The summed E-state index contributed by atoms with van der Waals surface area (Å²) in [5.41, 5.74) is 8.66. The maximum Gasteiger partial charge on any atom is 0.250 e. The van der Waals surface area contributed by atoms with Gasteiger partial charge in [0.25, 0.3) is 0 Å². The fourth-order valence-electron chi connectivity index (χ4n) is 2.78. The fraction of sp³-hybridized carbons (Fsp3) is 0.125. The smallest absolute Gasteiger partial charge is 0.250 e. The minimum absolute atomic E-state index is 0.0139. The number of halogens is 3. The summed E-state index contributed by atoms with van der Waals surface area (Å²) in [6.45, 7) is 1.91. The molecular weight excluding hydrogens is 433 g/mol. The summed E-state index contributed by atoms with van der Waals surface area (Å²) in [5.74, 6) is 0.227. The van der Waals surface area contributed by atoms with Crippen molar-refractivity contribution in [2.24, 2.45) is 0 Å². The maximum absolute atomic E-state index is 6.23. The van der Waals surface area contributed by atoms with E-state index in [9.17, 15) is 0 Å². The number of fused-ring (bicyclic) bond motifs is 3. The van der Waals surface area contributed by atoms with E-state index < -0.39 is 3.79 Å². The van der Waals surface area contributed by atoms with E-state index in [1.54, 1.807) is 4.68 Å². The molecule has 0 aliphatic rings. The van der Waals surface area contributed by atoms with E-state index in [0.717, 1.165) is 22.3 Å². The van der Waals surface area contributed by atoms with E-state index in [1.807, 2.05) is 37.3 Å². The molecule has 0 fully saturated rings. The third kappa shape index (κ3) is 2.84. The molecule has 0 amide bonds. The van der Waals surface area contributed by atoms with Crippen LogP contribution in [0.3, 0.4) is 0 Å². The van der Waals surface area contributed by atoms with Gasteiger partial charge < -0.3 is 5.73 Å². The minimum Gasteiger partial charge on any atom is -0.383 e. The number of aryl methyl sites for hydroxylation is 1. The van der Waals surface area contributed by atoms with Crippen molar-refractivity contribution in [2.75, 3.05) is 5.73 Å². The first-order chi connectivity index (χ1) is 12.3. The second-order valence-corrected chi connectivity index (χ2v) is 9.50. The lowest BCUT2D eigenvalue weighted by atomic mass is 10.2. The van der Waals surface area contributed by atoms with Gasteiger partial charge in [-0.2, -0.15) is 5.10 Å². The van der Waals surface area contributed by atoms with Crippen LogP contribution in [0.2, 0.25) is 0 Å². The summed E-state index contributed by atoms with van der Waals surface area (Å²) in [6, 6.07) is 9.70. The molecule has 4 rings (SSSR count). The van der Waals surface area contributed by atoms with Gasteiger partial charge in [0.2, 0.25) is 3.79 Å². The predicted molar refractivity (Wildman–Crippen MR) is 111 cm³/mol. The SMILES string of the molecule is Cc1nn(-c2ccccc2)c2c1c(=S)sc1nc(C(Cl)(Cl)Cl)nc(N)c12. The molecule has 0 unspecified atom stereocenters. The molecule has 0 radical (unpaired) electrons. The van der Waals surface area contributed by atoms with Crippen molar-refractivity contribution in [3.63, 3.8) is 0 Å². The molecule has 0 aliphatic carbocycles. The number of hydrogen-bond donors (Lipinski definition) is 1. The van der Waals surface area contributed by atoms with Gasteiger partial charge in [-0.05, 0) is 19.1 Å². The van der Waals surface area contributed by atoms with E-state index in [0.29, 0.717) is 14.0 Å². The maximum atomic E-state index is 6.23. The third-order valence-electron chi connectivity index (χ3n) is 3.85. The Morgan fingerprint density at radius 3 is 2.46 bits per heavy atom. The summed E-state index contributed by atoms with van der Waals surface area (Å²) in [6.07, 6.45) is 0. The van der Waals surface area contributed by atoms with E-state index in [-0.39, 0.29) is 11.6 Å². The molecule has 0 bridgehead atoms. The Kier molecular flexibility index (Phi) is 4.32. The van der Waals surface area contributed by atoms with Crippen LogP contribution in [0, 0.1) is 10.7 Å². The summed E-state index contributed by atoms with van der Waals surface area (Å²) >= 11 is 24.7. The van der Waals surface area contributed by atoms with Crippen LogP contribution in [0.1, 0.15) is 11.5 Å². The lowest BCUT2D eigenvalue weighted by molar-refractivity contribution is 0.891. The molecule has 0 aliphatic heterocycles. The Balaban J connectivity index is 2.20.